The summed E-state index contributed by atoms with van der Waals surface area (Å²) < 4.78 is 1.28. The number of benzene rings is 2. The number of hydrogen-bond donors (Lipinski definition) is 1. The lowest BCUT2D eigenvalue weighted by molar-refractivity contribution is -0.121. The van der Waals surface area contributed by atoms with Crippen LogP contribution in [-0.2, 0) is 17.9 Å². The molecule has 0 aliphatic rings. The van der Waals surface area contributed by atoms with Gasteiger partial charge in [0.05, 0.1) is 17.2 Å². The Morgan fingerprint density at radius 2 is 1.96 bits per heavy atom. The zero-order valence-electron chi connectivity index (χ0n) is 13.1. The van der Waals surface area contributed by atoms with Gasteiger partial charge in [-0.15, -0.1) is 0 Å². The fraction of sp³-hybridized carbons (Fsp3) is 0.167. The zero-order valence-corrected chi connectivity index (χ0v) is 13.9. The number of hydrogen-bond acceptors (Lipinski definition) is 3. The normalized spacial score (nSPS) is 10.8. The summed E-state index contributed by atoms with van der Waals surface area (Å²) in [5.74, 6) is -0.249. The maximum absolute atomic E-state index is 12.4. The Bertz CT molecular complexity index is 949. The molecule has 1 aromatic heterocycles. The third-order valence-corrected chi connectivity index (χ3v) is 3.95. The molecule has 0 radical (unpaired) electrons. The van der Waals surface area contributed by atoms with Crippen LogP contribution in [0.3, 0.4) is 0 Å². The van der Waals surface area contributed by atoms with Crippen LogP contribution in [0.2, 0.25) is 5.02 Å². The van der Waals surface area contributed by atoms with E-state index in [4.69, 9.17) is 11.6 Å². The number of carbonyl (C=O) groups excluding carboxylic acids is 1. The summed E-state index contributed by atoms with van der Waals surface area (Å²) >= 11 is 5.92. The molecule has 5 nitrogen and oxygen atoms in total. The summed E-state index contributed by atoms with van der Waals surface area (Å²) in [6.45, 7) is 2.34. The molecular weight excluding hydrogens is 326 g/mol. The number of fused-ring (bicyclic) bond motifs is 1. The van der Waals surface area contributed by atoms with Gasteiger partial charge < -0.3 is 5.32 Å². The fourth-order valence-electron chi connectivity index (χ4n) is 2.36. The second kappa shape index (κ2) is 6.84. The minimum absolute atomic E-state index is 0.0832. The molecular formula is C18H16ClN3O2. The van der Waals surface area contributed by atoms with Crippen molar-refractivity contribution in [3.63, 3.8) is 0 Å². The molecule has 0 unspecified atom stereocenters. The van der Waals surface area contributed by atoms with Crippen molar-refractivity contribution >= 4 is 28.4 Å². The highest BCUT2D eigenvalue weighted by molar-refractivity contribution is 6.31. The summed E-state index contributed by atoms with van der Waals surface area (Å²) in [4.78, 5) is 28.7. The summed E-state index contributed by atoms with van der Waals surface area (Å²) in [6.07, 6.45) is 1.38. The van der Waals surface area contributed by atoms with Gasteiger partial charge in [-0.1, -0.05) is 41.4 Å². The Hall–Kier alpha value is -2.66. The Balaban J connectivity index is 1.72. The summed E-state index contributed by atoms with van der Waals surface area (Å²) in [6, 6.07) is 12.8. The topological polar surface area (TPSA) is 64.0 Å². The van der Waals surface area contributed by atoms with Gasteiger partial charge in [0, 0.05) is 11.6 Å². The quantitative estimate of drug-likeness (QED) is 0.793. The first-order chi connectivity index (χ1) is 11.5. The molecule has 0 bridgehead atoms. The molecule has 1 amide bonds. The van der Waals surface area contributed by atoms with Crippen molar-refractivity contribution < 1.29 is 4.79 Å². The van der Waals surface area contributed by atoms with Gasteiger partial charge in [-0.25, -0.2) is 4.98 Å². The van der Waals surface area contributed by atoms with E-state index in [-0.39, 0.29) is 18.0 Å². The van der Waals surface area contributed by atoms with Crippen LogP contribution < -0.4 is 10.9 Å². The Kier molecular flexibility index (Phi) is 4.62. The molecule has 1 N–H and O–H groups in total. The van der Waals surface area contributed by atoms with Gasteiger partial charge in [0.1, 0.15) is 6.54 Å². The largest absolute Gasteiger partial charge is 0.350 e. The lowest BCUT2D eigenvalue weighted by Gasteiger charge is -2.08. The van der Waals surface area contributed by atoms with Crippen molar-refractivity contribution in [3.05, 3.63) is 75.3 Å². The van der Waals surface area contributed by atoms with Gasteiger partial charge >= 0.3 is 0 Å². The van der Waals surface area contributed by atoms with E-state index >= 15 is 0 Å². The van der Waals surface area contributed by atoms with Crippen LogP contribution in [0, 0.1) is 6.92 Å². The predicted octanol–water partition coefficient (Wildman–Crippen LogP) is 2.67. The first-order valence-electron chi connectivity index (χ1n) is 7.50. The second-order valence-corrected chi connectivity index (χ2v) is 6.04. The third-order valence-electron chi connectivity index (χ3n) is 3.71. The monoisotopic (exact) mass is 341 g/mol. The Labute approximate surface area is 143 Å². The van der Waals surface area contributed by atoms with E-state index < -0.39 is 0 Å². The molecule has 0 aliphatic heterocycles. The molecule has 0 fully saturated rings. The van der Waals surface area contributed by atoms with Gasteiger partial charge in [0.2, 0.25) is 5.91 Å². The standard InChI is InChI=1S/C18H16ClN3O2/c1-12-2-4-13(5-3-12)9-20-17(23)10-22-11-21-16-7-6-14(19)8-15(16)18(22)24/h2-8,11H,9-10H2,1H3,(H,20,23). The molecule has 0 aliphatic carbocycles. The van der Waals surface area contributed by atoms with Crippen molar-refractivity contribution in [2.45, 2.75) is 20.0 Å². The van der Waals surface area contributed by atoms with Gasteiger partial charge in [-0.05, 0) is 30.7 Å². The second-order valence-electron chi connectivity index (χ2n) is 5.60. The van der Waals surface area contributed by atoms with Crippen molar-refractivity contribution in [2.24, 2.45) is 0 Å². The van der Waals surface area contributed by atoms with Crippen LogP contribution in [0.1, 0.15) is 11.1 Å². The number of carbonyl (C=O) groups is 1. The van der Waals surface area contributed by atoms with E-state index in [1.54, 1.807) is 18.2 Å². The van der Waals surface area contributed by atoms with Crippen LogP contribution >= 0.6 is 11.6 Å². The number of nitrogens with one attached hydrogen (secondary N) is 1. The molecule has 2 aromatic carbocycles. The van der Waals surface area contributed by atoms with Gasteiger partial charge in [0.15, 0.2) is 0 Å². The molecule has 3 aromatic rings. The summed E-state index contributed by atoms with van der Waals surface area (Å²) in [5, 5.41) is 3.66. The molecule has 0 saturated heterocycles. The van der Waals surface area contributed by atoms with E-state index in [1.165, 1.54) is 10.9 Å². The molecule has 0 saturated carbocycles. The van der Waals surface area contributed by atoms with Crippen LogP contribution in [-0.4, -0.2) is 15.5 Å². The van der Waals surface area contributed by atoms with Crippen LogP contribution in [0.15, 0.2) is 53.6 Å². The number of amides is 1. The van der Waals surface area contributed by atoms with Crippen LogP contribution in [0.4, 0.5) is 0 Å². The van der Waals surface area contributed by atoms with Gasteiger partial charge in [-0.2, -0.15) is 0 Å². The lowest BCUT2D eigenvalue weighted by Crippen LogP contribution is -2.32. The number of aromatic nitrogens is 2. The number of halogens is 1. The maximum atomic E-state index is 12.4. The molecule has 6 heteroatoms. The van der Waals surface area contributed by atoms with Crippen molar-refractivity contribution in [2.75, 3.05) is 0 Å². The van der Waals surface area contributed by atoms with Gasteiger partial charge in [-0.3, -0.25) is 14.2 Å². The van der Waals surface area contributed by atoms with E-state index in [0.29, 0.717) is 22.5 Å². The van der Waals surface area contributed by atoms with E-state index in [9.17, 15) is 9.59 Å². The third kappa shape index (κ3) is 3.63. The van der Waals surface area contributed by atoms with E-state index in [2.05, 4.69) is 10.3 Å². The minimum atomic E-state index is -0.284. The average molecular weight is 342 g/mol. The highest BCUT2D eigenvalue weighted by Crippen LogP contribution is 2.14. The number of rotatable bonds is 4. The van der Waals surface area contributed by atoms with Crippen molar-refractivity contribution in [3.8, 4) is 0 Å². The van der Waals surface area contributed by atoms with E-state index in [0.717, 1.165) is 11.1 Å². The molecule has 122 valence electrons. The molecule has 3 rings (SSSR count). The van der Waals surface area contributed by atoms with E-state index in [1.807, 2.05) is 31.2 Å². The summed E-state index contributed by atoms with van der Waals surface area (Å²) in [5.41, 5.74) is 2.44. The number of nitrogens with zero attached hydrogens (tertiary/aromatic N) is 2. The molecule has 1 heterocycles. The first kappa shape index (κ1) is 16.2. The predicted molar refractivity (Wildman–Crippen MR) is 94.0 cm³/mol. The number of aryl methyl sites for hydroxylation is 1. The maximum Gasteiger partial charge on any atom is 0.261 e. The SMILES string of the molecule is Cc1ccc(CNC(=O)Cn2cnc3ccc(Cl)cc3c2=O)cc1. The Morgan fingerprint density at radius 3 is 2.71 bits per heavy atom. The first-order valence-corrected chi connectivity index (χ1v) is 7.88. The smallest absolute Gasteiger partial charge is 0.261 e. The minimum Gasteiger partial charge on any atom is -0.350 e. The highest BCUT2D eigenvalue weighted by atomic mass is 35.5. The fourth-order valence-corrected chi connectivity index (χ4v) is 2.53. The zero-order chi connectivity index (χ0) is 17.1. The lowest BCUT2D eigenvalue weighted by atomic mass is 10.1. The molecule has 24 heavy (non-hydrogen) atoms. The van der Waals surface area contributed by atoms with Crippen LogP contribution in [0.5, 0.6) is 0 Å². The Morgan fingerprint density at radius 1 is 1.21 bits per heavy atom. The van der Waals surface area contributed by atoms with Gasteiger partial charge in [0.25, 0.3) is 5.56 Å². The highest BCUT2D eigenvalue weighted by Gasteiger charge is 2.08. The molecule has 0 atom stereocenters. The average Bonchev–Trinajstić information content (AvgIpc) is 2.57. The summed E-state index contributed by atoms with van der Waals surface area (Å²) in [7, 11) is 0. The van der Waals surface area contributed by atoms with Crippen molar-refractivity contribution in [1.29, 1.82) is 0 Å². The van der Waals surface area contributed by atoms with Crippen molar-refractivity contribution in [1.82, 2.24) is 14.9 Å². The molecule has 0 spiro atoms. The van der Waals surface area contributed by atoms with Crippen LogP contribution in [0.25, 0.3) is 10.9 Å².